The molecule has 0 heterocycles. The van der Waals surface area contributed by atoms with Crippen molar-refractivity contribution in [2.75, 3.05) is 7.05 Å². The van der Waals surface area contributed by atoms with E-state index >= 15 is 0 Å². The Morgan fingerprint density at radius 2 is 2.06 bits per heavy atom. The van der Waals surface area contributed by atoms with E-state index in [0.29, 0.717) is 11.0 Å². The number of hydrogen-bond donors (Lipinski definition) is 1. The zero-order valence-corrected chi connectivity index (χ0v) is 11.8. The van der Waals surface area contributed by atoms with Crippen LogP contribution in [0.15, 0.2) is 24.3 Å². The number of rotatable bonds is 6. The van der Waals surface area contributed by atoms with Gasteiger partial charge in [-0.25, -0.2) is 0 Å². The second-order valence-corrected chi connectivity index (χ2v) is 5.10. The Balaban J connectivity index is 2.67. The van der Waals surface area contributed by atoms with Crippen LogP contribution in [0.25, 0.3) is 0 Å². The largest absolute Gasteiger partial charge is 0.393 e. The van der Waals surface area contributed by atoms with Gasteiger partial charge < -0.3 is 5.73 Å². The van der Waals surface area contributed by atoms with E-state index in [1.54, 1.807) is 0 Å². The second-order valence-electron chi connectivity index (χ2n) is 4.57. The van der Waals surface area contributed by atoms with Crippen molar-refractivity contribution in [3.05, 3.63) is 35.4 Å². The van der Waals surface area contributed by atoms with Crippen molar-refractivity contribution in [1.29, 1.82) is 0 Å². The first-order valence-corrected chi connectivity index (χ1v) is 6.48. The lowest BCUT2D eigenvalue weighted by Crippen LogP contribution is -2.34. The number of hydrogen-bond acceptors (Lipinski definition) is 2. The molecule has 17 heavy (non-hydrogen) atoms. The van der Waals surface area contributed by atoms with E-state index in [0.717, 1.165) is 19.4 Å². The van der Waals surface area contributed by atoms with Gasteiger partial charge in [-0.15, -0.1) is 0 Å². The molecule has 0 aliphatic rings. The molecule has 94 valence electrons. The smallest absolute Gasteiger partial charge is 0.0743 e. The third kappa shape index (κ3) is 4.44. The number of benzene rings is 1. The van der Waals surface area contributed by atoms with Crippen LogP contribution in [0.5, 0.6) is 0 Å². The van der Waals surface area contributed by atoms with Crippen molar-refractivity contribution in [3.8, 4) is 0 Å². The van der Waals surface area contributed by atoms with Crippen LogP contribution >= 0.6 is 12.2 Å². The highest BCUT2D eigenvalue weighted by Gasteiger charge is 2.14. The quantitative estimate of drug-likeness (QED) is 0.787. The molecule has 1 rings (SSSR count). The second kappa shape index (κ2) is 6.72. The monoisotopic (exact) mass is 250 g/mol. The lowest BCUT2D eigenvalue weighted by Gasteiger charge is -2.27. The fourth-order valence-corrected chi connectivity index (χ4v) is 2.22. The van der Waals surface area contributed by atoms with E-state index in [2.05, 4.69) is 50.1 Å². The molecule has 2 N–H and O–H groups in total. The summed E-state index contributed by atoms with van der Waals surface area (Å²) in [5, 5.41) is 0. The molecule has 0 saturated heterocycles. The van der Waals surface area contributed by atoms with Gasteiger partial charge in [0.15, 0.2) is 0 Å². The van der Waals surface area contributed by atoms with E-state index in [4.69, 9.17) is 18.0 Å². The molecule has 1 atom stereocenters. The average molecular weight is 250 g/mol. The van der Waals surface area contributed by atoms with E-state index in [9.17, 15) is 0 Å². The van der Waals surface area contributed by atoms with E-state index in [1.165, 1.54) is 11.1 Å². The fourth-order valence-electron chi connectivity index (χ4n) is 2.03. The summed E-state index contributed by atoms with van der Waals surface area (Å²) in [5.41, 5.74) is 8.34. The van der Waals surface area contributed by atoms with Crippen LogP contribution < -0.4 is 5.73 Å². The Labute approximate surface area is 110 Å². The lowest BCUT2D eigenvalue weighted by atomic mass is 10.1. The minimum absolute atomic E-state index is 0.437. The van der Waals surface area contributed by atoms with Crippen molar-refractivity contribution in [1.82, 2.24) is 4.90 Å². The predicted molar refractivity (Wildman–Crippen MR) is 78.1 cm³/mol. The molecule has 0 amide bonds. The average Bonchev–Trinajstić information content (AvgIpc) is 2.28. The van der Waals surface area contributed by atoms with Gasteiger partial charge in [0.25, 0.3) is 0 Å². The number of nitrogens with two attached hydrogens (primary N) is 1. The van der Waals surface area contributed by atoms with Gasteiger partial charge >= 0.3 is 0 Å². The summed E-state index contributed by atoms with van der Waals surface area (Å²) < 4.78 is 0. The highest BCUT2D eigenvalue weighted by Crippen LogP contribution is 2.14. The third-order valence-corrected chi connectivity index (χ3v) is 3.38. The highest BCUT2D eigenvalue weighted by molar-refractivity contribution is 7.80. The van der Waals surface area contributed by atoms with Crippen molar-refractivity contribution in [3.63, 3.8) is 0 Å². The number of nitrogens with zero attached hydrogens (tertiary/aromatic N) is 1. The Kier molecular flexibility index (Phi) is 5.59. The zero-order valence-electron chi connectivity index (χ0n) is 10.9. The van der Waals surface area contributed by atoms with Crippen LogP contribution in [0.4, 0.5) is 0 Å². The molecule has 0 fully saturated rings. The molecule has 1 aromatic carbocycles. The molecule has 3 heteroatoms. The van der Waals surface area contributed by atoms with Crippen molar-refractivity contribution < 1.29 is 0 Å². The summed E-state index contributed by atoms with van der Waals surface area (Å²) in [6, 6.07) is 8.93. The molecule has 2 nitrogen and oxygen atoms in total. The molecular formula is C14H22N2S. The van der Waals surface area contributed by atoms with Gasteiger partial charge in [-0.3, -0.25) is 4.90 Å². The normalized spacial score (nSPS) is 12.7. The summed E-state index contributed by atoms with van der Waals surface area (Å²) in [6.07, 6.45) is 1.87. The lowest BCUT2D eigenvalue weighted by molar-refractivity contribution is 0.233. The minimum Gasteiger partial charge on any atom is -0.393 e. The van der Waals surface area contributed by atoms with Gasteiger partial charge in [0.1, 0.15) is 0 Å². The molecule has 0 saturated carbocycles. The highest BCUT2D eigenvalue weighted by atomic mass is 32.1. The zero-order chi connectivity index (χ0) is 12.8. The summed E-state index contributed by atoms with van der Waals surface area (Å²) in [5.74, 6) is 0. The molecule has 0 aliphatic heterocycles. The van der Waals surface area contributed by atoms with Crippen LogP contribution in [-0.2, 0) is 6.54 Å². The van der Waals surface area contributed by atoms with Gasteiger partial charge in [-0.05, 0) is 31.5 Å². The Morgan fingerprint density at radius 3 is 2.59 bits per heavy atom. The minimum atomic E-state index is 0.437. The fraction of sp³-hybridized carbons (Fsp3) is 0.500. The first-order valence-electron chi connectivity index (χ1n) is 6.07. The van der Waals surface area contributed by atoms with Crippen molar-refractivity contribution >= 4 is 17.2 Å². The maximum atomic E-state index is 5.63. The number of thiocarbonyl (C=S) groups is 1. The first-order chi connectivity index (χ1) is 8.04. The predicted octanol–water partition coefficient (Wildman–Crippen LogP) is 2.88. The van der Waals surface area contributed by atoms with Crippen LogP contribution in [-0.4, -0.2) is 23.0 Å². The van der Waals surface area contributed by atoms with Crippen LogP contribution in [0.2, 0.25) is 0 Å². The van der Waals surface area contributed by atoms with Gasteiger partial charge in [0.2, 0.25) is 0 Å². The van der Waals surface area contributed by atoms with E-state index in [-0.39, 0.29) is 0 Å². The van der Waals surface area contributed by atoms with Gasteiger partial charge in [0, 0.05) is 19.0 Å². The summed E-state index contributed by atoms with van der Waals surface area (Å²) >= 11 is 5.00. The Morgan fingerprint density at radius 1 is 1.41 bits per heavy atom. The Bertz CT molecular complexity index is 376. The summed E-state index contributed by atoms with van der Waals surface area (Å²) in [7, 11) is 2.14. The van der Waals surface area contributed by atoms with E-state index < -0.39 is 0 Å². The first kappa shape index (κ1) is 14.1. The molecule has 1 aromatic rings. The molecule has 0 aromatic heterocycles. The SMILES string of the molecule is CCC(CC(N)=S)N(C)Cc1ccccc1C. The third-order valence-electron chi connectivity index (χ3n) is 3.21. The molecule has 0 spiro atoms. The van der Waals surface area contributed by atoms with Crippen LogP contribution in [0, 0.1) is 6.92 Å². The van der Waals surface area contributed by atoms with E-state index in [1.807, 2.05) is 0 Å². The van der Waals surface area contributed by atoms with Crippen LogP contribution in [0.3, 0.4) is 0 Å². The maximum absolute atomic E-state index is 5.63. The summed E-state index contributed by atoms with van der Waals surface area (Å²) in [6.45, 7) is 5.28. The standard InChI is InChI=1S/C14H22N2S/c1-4-13(9-14(15)17)16(3)10-12-8-6-5-7-11(12)2/h5-8,13H,4,9-10H2,1-3H3,(H2,15,17). The molecular weight excluding hydrogens is 228 g/mol. The Hall–Kier alpha value is -0.930. The van der Waals surface area contributed by atoms with Gasteiger partial charge in [0.05, 0.1) is 4.99 Å². The van der Waals surface area contributed by atoms with Crippen molar-refractivity contribution in [2.45, 2.75) is 39.3 Å². The molecule has 0 bridgehead atoms. The maximum Gasteiger partial charge on any atom is 0.0743 e. The molecule has 0 radical (unpaired) electrons. The summed E-state index contributed by atoms with van der Waals surface area (Å²) in [4.78, 5) is 2.94. The topological polar surface area (TPSA) is 29.3 Å². The van der Waals surface area contributed by atoms with Gasteiger partial charge in [-0.1, -0.05) is 43.4 Å². The number of aryl methyl sites for hydroxylation is 1. The molecule has 1 unspecified atom stereocenters. The van der Waals surface area contributed by atoms with Gasteiger partial charge in [-0.2, -0.15) is 0 Å². The van der Waals surface area contributed by atoms with Crippen molar-refractivity contribution in [2.24, 2.45) is 5.73 Å². The van der Waals surface area contributed by atoms with Crippen LogP contribution in [0.1, 0.15) is 30.9 Å². The molecule has 0 aliphatic carbocycles.